The molecule has 0 aliphatic carbocycles. The lowest BCUT2D eigenvalue weighted by Gasteiger charge is -2.11. The second kappa shape index (κ2) is 5.67. The highest BCUT2D eigenvalue weighted by Crippen LogP contribution is 2.27. The summed E-state index contributed by atoms with van der Waals surface area (Å²) in [5.41, 5.74) is 2.16. The molecule has 4 nitrogen and oxygen atoms in total. The molecule has 98 valence electrons. The van der Waals surface area contributed by atoms with Crippen molar-refractivity contribution in [3.8, 4) is 10.6 Å². The van der Waals surface area contributed by atoms with Crippen LogP contribution in [0.1, 0.15) is 4.88 Å². The molecule has 1 aromatic heterocycles. The van der Waals surface area contributed by atoms with Gasteiger partial charge in [0.15, 0.2) is 0 Å². The van der Waals surface area contributed by atoms with Gasteiger partial charge in [0.05, 0.1) is 0 Å². The second-order valence-electron chi connectivity index (χ2n) is 4.18. The van der Waals surface area contributed by atoms with Gasteiger partial charge in [-0.3, -0.25) is 0 Å². The van der Waals surface area contributed by atoms with Gasteiger partial charge in [-0.05, 0) is 30.3 Å². The van der Waals surface area contributed by atoms with E-state index in [0.717, 1.165) is 27.2 Å². The maximum atomic E-state index is 10.4. The van der Waals surface area contributed by atoms with E-state index in [-0.39, 0.29) is 0 Å². The van der Waals surface area contributed by atoms with Crippen molar-refractivity contribution >= 4 is 29.1 Å². The predicted molar refractivity (Wildman–Crippen MR) is 78.5 cm³/mol. The number of benzene rings is 1. The van der Waals surface area contributed by atoms with E-state index in [1.807, 2.05) is 43.3 Å². The number of carboxylic acid groups (broad SMARTS) is 1. The Morgan fingerprint density at radius 3 is 2.58 bits per heavy atom. The number of hydrogen-bond donors (Lipinski definition) is 1. The zero-order valence-corrected chi connectivity index (χ0v) is 11.5. The average molecular weight is 274 g/mol. The predicted octanol–water partition coefficient (Wildman–Crippen LogP) is 2.97. The second-order valence-corrected chi connectivity index (χ2v) is 5.24. The van der Waals surface area contributed by atoms with Crippen molar-refractivity contribution < 1.29 is 9.90 Å². The highest BCUT2D eigenvalue weighted by atomic mass is 32.1. The van der Waals surface area contributed by atoms with Crippen molar-refractivity contribution in [2.45, 2.75) is 0 Å². The molecule has 0 saturated carbocycles. The number of aromatic nitrogens is 1. The molecule has 0 radical (unpaired) electrons. The van der Waals surface area contributed by atoms with Gasteiger partial charge in [-0.15, -0.1) is 11.3 Å². The number of hydrogen-bond acceptors (Lipinski definition) is 4. The van der Waals surface area contributed by atoms with E-state index in [1.54, 1.807) is 12.3 Å². The first-order valence-corrected chi connectivity index (χ1v) is 6.52. The number of nitrogens with zero attached hydrogens (tertiary/aromatic N) is 2. The van der Waals surface area contributed by atoms with Crippen LogP contribution in [0.2, 0.25) is 0 Å². The van der Waals surface area contributed by atoms with E-state index in [4.69, 9.17) is 5.11 Å². The SMILES string of the molecule is CN(C)c1ccc(-c2ncc(/C=C/C(=O)O)s2)cc1. The third kappa shape index (κ3) is 3.42. The van der Waals surface area contributed by atoms with Crippen LogP contribution in [0.25, 0.3) is 16.6 Å². The summed E-state index contributed by atoms with van der Waals surface area (Å²) in [5, 5.41) is 9.46. The molecule has 1 aromatic carbocycles. The zero-order chi connectivity index (χ0) is 13.8. The number of rotatable bonds is 4. The molecule has 0 bridgehead atoms. The number of carboxylic acids is 1. The van der Waals surface area contributed by atoms with E-state index in [2.05, 4.69) is 4.98 Å². The molecule has 0 saturated heterocycles. The molecule has 2 aromatic rings. The maximum absolute atomic E-state index is 10.4. The topological polar surface area (TPSA) is 53.4 Å². The molecule has 0 spiro atoms. The van der Waals surface area contributed by atoms with E-state index >= 15 is 0 Å². The summed E-state index contributed by atoms with van der Waals surface area (Å²) in [7, 11) is 3.99. The largest absolute Gasteiger partial charge is 0.478 e. The third-order valence-electron chi connectivity index (χ3n) is 2.54. The summed E-state index contributed by atoms with van der Waals surface area (Å²) >= 11 is 1.47. The fraction of sp³-hybridized carbons (Fsp3) is 0.143. The van der Waals surface area contributed by atoms with Crippen molar-refractivity contribution in [1.29, 1.82) is 0 Å². The molecular formula is C14H14N2O2S. The summed E-state index contributed by atoms with van der Waals surface area (Å²) in [4.78, 5) is 17.6. The molecule has 19 heavy (non-hydrogen) atoms. The monoisotopic (exact) mass is 274 g/mol. The number of thiazole rings is 1. The molecule has 1 heterocycles. The fourth-order valence-electron chi connectivity index (χ4n) is 1.55. The van der Waals surface area contributed by atoms with Crippen LogP contribution >= 0.6 is 11.3 Å². The van der Waals surface area contributed by atoms with Gasteiger partial charge in [0.2, 0.25) is 0 Å². The van der Waals surface area contributed by atoms with Gasteiger partial charge < -0.3 is 10.0 Å². The van der Waals surface area contributed by atoms with E-state index < -0.39 is 5.97 Å². The molecular weight excluding hydrogens is 260 g/mol. The van der Waals surface area contributed by atoms with Crippen LogP contribution in [0.3, 0.4) is 0 Å². The molecule has 1 N–H and O–H groups in total. The summed E-state index contributed by atoms with van der Waals surface area (Å²) < 4.78 is 0. The van der Waals surface area contributed by atoms with Crippen LogP contribution in [0.15, 0.2) is 36.5 Å². The normalized spacial score (nSPS) is 10.8. The molecule has 5 heteroatoms. The third-order valence-corrected chi connectivity index (χ3v) is 3.56. The Labute approximate surface area is 115 Å². The summed E-state index contributed by atoms with van der Waals surface area (Å²) in [6.07, 6.45) is 4.35. The number of aliphatic carboxylic acids is 1. The van der Waals surface area contributed by atoms with Gasteiger partial charge in [0.1, 0.15) is 5.01 Å². The maximum Gasteiger partial charge on any atom is 0.328 e. The van der Waals surface area contributed by atoms with Crippen LogP contribution in [0.5, 0.6) is 0 Å². The fourth-order valence-corrected chi connectivity index (χ4v) is 2.38. The van der Waals surface area contributed by atoms with Crippen molar-refractivity contribution in [3.05, 3.63) is 41.4 Å². The molecule has 0 fully saturated rings. The Hall–Kier alpha value is -2.14. The van der Waals surface area contributed by atoms with E-state index in [9.17, 15) is 4.79 Å². The summed E-state index contributed by atoms with van der Waals surface area (Å²) in [6.45, 7) is 0. The van der Waals surface area contributed by atoms with Gasteiger partial charge in [-0.2, -0.15) is 0 Å². The molecule has 0 aliphatic rings. The lowest BCUT2D eigenvalue weighted by atomic mass is 10.2. The molecule has 0 amide bonds. The minimum Gasteiger partial charge on any atom is -0.478 e. The molecule has 2 rings (SSSR count). The Morgan fingerprint density at radius 2 is 2.00 bits per heavy atom. The highest BCUT2D eigenvalue weighted by Gasteiger charge is 2.04. The quantitative estimate of drug-likeness (QED) is 0.871. The zero-order valence-electron chi connectivity index (χ0n) is 10.7. The molecule has 0 unspecified atom stereocenters. The molecule has 0 aliphatic heterocycles. The van der Waals surface area contributed by atoms with Crippen LogP contribution in [0, 0.1) is 0 Å². The minimum atomic E-state index is -0.953. The van der Waals surface area contributed by atoms with Gasteiger partial charge in [0.25, 0.3) is 0 Å². The van der Waals surface area contributed by atoms with Crippen LogP contribution in [0.4, 0.5) is 5.69 Å². The molecule has 0 atom stereocenters. The van der Waals surface area contributed by atoms with Gasteiger partial charge >= 0.3 is 5.97 Å². The highest BCUT2D eigenvalue weighted by molar-refractivity contribution is 7.15. The first-order chi connectivity index (χ1) is 9.06. The summed E-state index contributed by atoms with van der Waals surface area (Å²) in [5.74, 6) is -0.953. The first kappa shape index (κ1) is 13.3. The lowest BCUT2D eigenvalue weighted by molar-refractivity contribution is -0.131. The van der Waals surface area contributed by atoms with Gasteiger partial charge in [0, 0.05) is 42.5 Å². The Kier molecular flexibility index (Phi) is 3.97. The van der Waals surface area contributed by atoms with Gasteiger partial charge in [-0.25, -0.2) is 9.78 Å². The first-order valence-electron chi connectivity index (χ1n) is 5.71. The van der Waals surface area contributed by atoms with Gasteiger partial charge in [-0.1, -0.05) is 0 Å². The van der Waals surface area contributed by atoms with Crippen molar-refractivity contribution in [2.24, 2.45) is 0 Å². The average Bonchev–Trinajstić information content (AvgIpc) is 2.85. The Morgan fingerprint density at radius 1 is 1.32 bits per heavy atom. The lowest BCUT2D eigenvalue weighted by Crippen LogP contribution is -2.07. The standard InChI is InChI=1S/C14H14N2O2S/c1-16(2)11-5-3-10(4-6-11)14-15-9-12(19-14)7-8-13(17)18/h3-9H,1-2H3,(H,17,18)/b8-7+. The minimum absolute atomic E-state index is 0.828. The smallest absolute Gasteiger partial charge is 0.328 e. The van der Waals surface area contributed by atoms with Crippen LogP contribution < -0.4 is 4.90 Å². The van der Waals surface area contributed by atoms with Crippen molar-refractivity contribution in [3.63, 3.8) is 0 Å². The number of anilines is 1. The van der Waals surface area contributed by atoms with Crippen molar-refractivity contribution in [2.75, 3.05) is 19.0 Å². The van der Waals surface area contributed by atoms with E-state index in [0.29, 0.717) is 0 Å². The van der Waals surface area contributed by atoms with Crippen LogP contribution in [-0.4, -0.2) is 30.2 Å². The Bertz CT molecular complexity index is 600. The Balaban J connectivity index is 2.20. The van der Waals surface area contributed by atoms with Crippen LogP contribution in [-0.2, 0) is 4.79 Å². The van der Waals surface area contributed by atoms with E-state index in [1.165, 1.54) is 11.3 Å². The number of carbonyl (C=O) groups is 1. The summed E-state index contributed by atoms with van der Waals surface area (Å²) in [6, 6.07) is 8.09. The van der Waals surface area contributed by atoms with Crippen molar-refractivity contribution in [1.82, 2.24) is 4.98 Å².